The Bertz CT molecular complexity index is 1610. The molecule has 4 rings (SSSR count). The number of benzene rings is 2. The number of esters is 1. The minimum atomic E-state index is -1.99. The maximum Gasteiger partial charge on any atom is 0.308 e. The summed E-state index contributed by atoms with van der Waals surface area (Å²) < 4.78 is 27.1. The molecule has 44 heavy (non-hydrogen) atoms. The molecule has 1 aromatic heterocycles. The molecule has 0 bridgehead atoms. The number of aliphatic hydroxyl groups is 4. The summed E-state index contributed by atoms with van der Waals surface area (Å²) in [5.74, 6) is -5.02. The van der Waals surface area contributed by atoms with Gasteiger partial charge in [-0.15, -0.1) is 0 Å². The van der Waals surface area contributed by atoms with Crippen molar-refractivity contribution in [3.8, 4) is 40.1 Å². The Morgan fingerprint density at radius 1 is 0.955 bits per heavy atom. The number of fused-ring (bicyclic) bond motifs is 1. The minimum absolute atomic E-state index is 0.0126. The summed E-state index contributed by atoms with van der Waals surface area (Å²) in [6.45, 7) is 0.352. The third-order valence-corrected chi connectivity index (χ3v) is 6.75. The number of methoxy groups -OCH3 is 1. The number of rotatable bonds is 10. The number of carboxylic acids is 1. The van der Waals surface area contributed by atoms with Gasteiger partial charge in [0.05, 0.1) is 25.6 Å². The highest BCUT2D eigenvalue weighted by Crippen LogP contribution is 2.39. The molecule has 8 N–H and O–H groups in total. The first-order chi connectivity index (χ1) is 20.6. The zero-order chi connectivity index (χ0) is 32.5. The molecule has 0 aliphatic carbocycles. The van der Waals surface area contributed by atoms with Crippen LogP contribution < -0.4 is 14.9 Å². The highest BCUT2D eigenvalue weighted by Gasteiger charge is 2.46. The van der Waals surface area contributed by atoms with Crippen molar-refractivity contribution in [2.45, 2.75) is 56.1 Å². The van der Waals surface area contributed by atoms with Gasteiger partial charge in [0.1, 0.15) is 53.5 Å². The standard InChI is InChI=1S/C28H30O16/c1-28(39,8-18(32)33)9-19(34)41-10-17-21(35)23(37)24(38)27(43-17)44-26-22(36)20-15(31)6-12(40-2)7-16(20)42-25(26)11-3-4-13(29)14(30)5-11/h3-7,17,21,23-24,27,29-31,35,37-39H,8-10H2,1-2H3,(H,32,33). The molecule has 16 heteroatoms. The minimum Gasteiger partial charge on any atom is -0.507 e. The van der Waals surface area contributed by atoms with Gasteiger partial charge >= 0.3 is 11.9 Å². The molecule has 1 saturated heterocycles. The quantitative estimate of drug-likeness (QED) is 0.109. The van der Waals surface area contributed by atoms with E-state index in [-0.39, 0.29) is 28.0 Å². The average molecular weight is 623 g/mol. The first-order valence-electron chi connectivity index (χ1n) is 13.0. The van der Waals surface area contributed by atoms with Crippen molar-refractivity contribution in [1.82, 2.24) is 0 Å². The number of carbonyl (C=O) groups excluding carboxylic acids is 1. The third kappa shape index (κ3) is 6.79. The van der Waals surface area contributed by atoms with E-state index >= 15 is 0 Å². The number of phenolic OH excluding ortho intramolecular Hbond substituents is 3. The van der Waals surface area contributed by atoms with Crippen LogP contribution in [0, 0.1) is 0 Å². The number of aliphatic carboxylic acids is 1. The maximum absolute atomic E-state index is 13.6. The summed E-state index contributed by atoms with van der Waals surface area (Å²) in [5.41, 5.74) is -3.13. The third-order valence-electron chi connectivity index (χ3n) is 6.75. The van der Waals surface area contributed by atoms with E-state index in [0.29, 0.717) is 0 Å². The summed E-state index contributed by atoms with van der Waals surface area (Å²) in [6, 6.07) is 5.79. The van der Waals surface area contributed by atoms with Gasteiger partial charge in [0, 0.05) is 17.7 Å². The molecule has 3 aromatic rings. The van der Waals surface area contributed by atoms with Gasteiger partial charge in [0.15, 0.2) is 17.3 Å². The predicted octanol–water partition coefficient (Wildman–Crippen LogP) is -0.0692. The molecule has 16 nitrogen and oxygen atoms in total. The van der Waals surface area contributed by atoms with Crippen LogP contribution in [0.15, 0.2) is 39.5 Å². The first kappa shape index (κ1) is 32.3. The molecule has 6 atom stereocenters. The second-order valence-electron chi connectivity index (χ2n) is 10.4. The lowest BCUT2D eigenvalue weighted by atomic mass is 9.98. The zero-order valence-corrected chi connectivity index (χ0v) is 23.2. The van der Waals surface area contributed by atoms with Crippen molar-refractivity contribution >= 4 is 22.9 Å². The number of hydrogen-bond acceptors (Lipinski definition) is 15. The maximum atomic E-state index is 13.6. The van der Waals surface area contributed by atoms with Crippen LogP contribution in [0.3, 0.4) is 0 Å². The van der Waals surface area contributed by atoms with Gasteiger partial charge in [-0.1, -0.05) is 0 Å². The molecule has 2 heterocycles. The smallest absolute Gasteiger partial charge is 0.308 e. The fourth-order valence-corrected chi connectivity index (χ4v) is 4.53. The summed E-state index contributed by atoms with van der Waals surface area (Å²) in [5, 5.41) is 80.5. The van der Waals surface area contributed by atoms with E-state index in [1.807, 2.05) is 0 Å². The molecule has 6 unspecified atom stereocenters. The van der Waals surface area contributed by atoms with Crippen LogP contribution in [0.1, 0.15) is 19.8 Å². The predicted molar refractivity (Wildman–Crippen MR) is 145 cm³/mol. The summed E-state index contributed by atoms with van der Waals surface area (Å²) in [4.78, 5) is 36.8. The lowest BCUT2D eigenvalue weighted by molar-refractivity contribution is -0.278. The molecular weight excluding hydrogens is 592 g/mol. The molecule has 0 spiro atoms. The van der Waals surface area contributed by atoms with E-state index in [9.17, 15) is 50.1 Å². The monoisotopic (exact) mass is 622 g/mol. The average Bonchev–Trinajstić information content (AvgIpc) is 2.93. The Balaban J connectivity index is 1.68. The first-order valence-corrected chi connectivity index (χ1v) is 13.0. The van der Waals surface area contributed by atoms with E-state index in [1.54, 1.807) is 0 Å². The molecule has 2 aromatic carbocycles. The normalized spacial score (nSPS) is 23.1. The SMILES string of the molecule is COc1cc(O)c2c(=O)c(OC3OC(COC(=O)CC(C)(O)CC(=O)O)C(O)C(O)C3O)c(-c3ccc(O)c(O)c3)oc2c1. The largest absolute Gasteiger partial charge is 0.507 e. The Labute approximate surface area is 247 Å². The van der Waals surface area contributed by atoms with E-state index in [0.717, 1.165) is 25.1 Å². The molecular formula is C28H30O16. The summed E-state index contributed by atoms with van der Waals surface area (Å²) in [6.07, 6.45) is -10.8. The van der Waals surface area contributed by atoms with Gasteiger partial charge in [-0.3, -0.25) is 14.4 Å². The van der Waals surface area contributed by atoms with Crippen molar-refractivity contribution in [3.05, 3.63) is 40.6 Å². The van der Waals surface area contributed by atoms with Gasteiger partial charge in [0.25, 0.3) is 0 Å². The molecule has 238 valence electrons. The number of phenols is 3. The van der Waals surface area contributed by atoms with Crippen LogP contribution in [-0.4, -0.2) is 103 Å². The highest BCUT2D eigenvalue weighted by molar-refractivity contribution is 5.88. The van der Waals surface area contributed by atoms with Crippen LogP contribution in [0.25, 0.3) is 22.3 Å². The lowest BCUT2D eigenvalue weighted by Crippen LogP contribution is -2.60. The van der Waals surface area contributed by atoms with E-state index < -0.39 is 96.1 Å². The van der Waals surface area contributed by atoms with Crippen molar-refractivity contribution in [2.75, 3.05) is 13.7 Å². The van der Waals surface area contributed by atoms with E-state index in [2.05, 4.69) is 0 Å². The van der Waals surface area contributed by atoms with Crippen LogP contribution in [-0.2, 0) is 19.1 Å². The van der Waals surface area contributed by atoms with Gasteiger partial charge in [-0.25, -0.2) is 0 Å². The van der Waals surface area contributed by atoms with Crippen LogP contribution in [0.5, 0.6) is 28.7 Å². The van der Waals surface area contributed by atoms with Gasteiger partial charge < -0.3 is 64.2 Å². The number of hydrogen-bond donors (Lipinski definition) is 8. The molecule has 0 amide bonds. The Hall–Kier alpha value is -4.61. The Morgan fingerprint density at radius 2 is 1.66 bits per heavy atom. The molecule has 0 saturated carbocycles. The number of ether oxygens (including phenoxy) is 4. The summed E-state index contributed by atoms with van der Waals surface area (Å²) in [7, 11) is 1.31. The van der Waals surface area contributed by atoms with Crippen molar-refractivity contribution in [2.24, 2.45) is 0 Å². The van der Waals surface area contributed by atoms with Crippen LogP contribution in [0.4, 0.5) is 0 Å². The molecule has 0 radical (unpaired) electrons. The van der Waals surface area contributed by atoms with Gasteiger partial charge in [-0.2, -0.15) is 0 Å². The van der Waals surface area contributed by atoms with Gasteiger partial charge in [-0.05, 0) is 25.1 Å². The zero-order valence-electron chi connectivity index (χ0n) is 23.2. The van der Waals surface area contributed by atoms with E-state index in [1.165, 1.54) is 19.2 Å². The Morgan fingerprint density at radius 3 is 2.30 bits per heavy atom. The highest BCUT2D eigenvalue weighted by atomic mass is 16.7. The van der Waals surface area contributed by atoms with Crippen molar-refractivity contribution < 1.29 is 73.8 Å². The number of aromatic hydroxyl groups is 3. The number of carboxylic acid groups (broad SMARTS) is 1. The molecule has 1 aliphatic rings. The number of aliphatic hydroxyl groups excluding tert-OH is 3. The summed E-state index contributed by atoms with van der Waals surface area (Å²) >= 11 is 0. The Kier molecular flexibility index (Phi) is 9.22. The fourth-order valence-electron chi connectivity index (χ4n) is 4.53. The second kappa shape index (κ2) is 12.6. The van der Waals surface area contributed by atoms with Crippen molar-refractivity contribution in [3.63, 3.8) is 0 Å². The fraction of sp³-hybridized carbons (Fsp3) is 0.393. The molecule has 1 fully saturated rings. The topological polar surface area (TPSA) is 263 Å². The van der Waals surface area contributed by atoms with Crippen LogP contribution >= 0.6 is 0 Å². The van der Waals surface area contributed by atoms with Gasteiger partial charge in [0.2, 0.25) is 17.5 Å². The number of carbonyl (C=O) groups is 2. The lowest BCUT2D eigenvalue weighted by Gasteiger charge is -2.39. The molecule has 1 aliphatic heterocycles. The van der Waals surface area contributed by atoms with Crippen molar-refractivity contribution in [1.29, 1.82) is 0 Å². The van der Waals surface area contributed by atoms with Crippen LogP contribution in [0.2, 0.25) is 0 Å². The van der Waals surface area contributed by atoms with E-state index in [4.69, 9.17) is 28.5 Å². The second-order valence-corrected chi connectivity index (χ2v) is 10.4.